The third kappa shape index (κ3) is 5.43. The monoisotopic (exact) mass is 415 g/mol. The Labute approximate surface area is 173 Å². The minimum Gasteiger partial charge on any atom is -0.394 e. The Balaban J connectivity index is 1.82. The second-order valence-corrected chi connectivity index (χ2v) is 6.52. The van der Waals surface area contributed by atoms with Crippen molar-refractivity contribution in [2.24, 2.45) is 0 Å². The Morgan fingerprint density at radius 1 is 1.28 bits per heavy atom. The zero-order valence-electron chi connectivity index (χ0n) is 15.8. The number of hydrogen-bond acceptors (Lipinski definition) is 7. The lowest BCUT2D eigenvalue weighted by molar-refractivity contribution is -0.121. The third-order valence-corrected chi connectivity index (χ3v) is 4.27. The fraction of sp³-hybridized carbons (Fsp3) is 0.263. The minimum atomic E-state index is -0.663. The lowest BCUT2D eigenvalue weighted by Crippen LogP contribution is -2.33. The van der Waals surface area contributed by atoms with Gasteiger partial charge in [0.15, 0.2) is 5.82 Å². The Kier molecular flexibility index (Phi) is 6.99. The lowest BCUT2D eigenvalue weighted by Gasteiger charge is -2.20. The molecule has 9 nitrogen and oxygen atoms in total. The molecule has 2 aromatic heterocycles. The molecule has 0 aliphatic heterocycles. The quantitative estimate of drug-likeness (QED) is 0.423. The molecule has 0 spiro atoms. The van der Waals surface area contributed by atoms with Crippen molar-refractivity contribution in [3.63, 3.8) is 0 Å². The van der Waals surface area contributed by atoms with Gasteiger partial charge < -0.3 is 21.1 Å². The number of benzene rings is 1. The second-order valence-electron chi connectivity index (χ2n) is 6.11. The van der Waals surface area contributed by atoms with Gasteiger partial charge in [-0.3, -0.25) is 9.48 Å². The van der Waals surface area contributed by atoms with E-state index in [1.807, 2.05) is 37.3 Å². The Morgan fingerprint density at radius 3 is 2.79 bits per heavy atom. The van der Waals surface area contributed by atoms with Crippen LogP contribution in [-0.4, -0.2) is 43.9 Å². The van der Waals surface area contributed by atoms with E-state index in [1.165, 1.54) is 6.20 Å². The van der Waals surface area contributed by atoms with Crippen LogP contribution in [0.15, 0.2) is 48.9 Å². The average Bonchev–Trinajstić information content (AvgIpc) is 3.16. The van der Waals surface area contributed by atoms with E-state index in [4.69, 9.17) is 16.7 Å². The van der Waals surface area contributed by atoms with Crippen LogP contribution < -0.4 is 16.0 Å². The Hall–Kier alpha value is -3.17. The van der Waals surface area contributed by atoms with E-state index in [0.717, 1.165) is 5.56 Å². The first-order valence-corrected chi connectivity index (χ1v) is 9.50. The highest BCUT2D eigenvalue weighted by Crippen LogP contribution is 2.26. The molecule has 0 saturated carbocycles. The molecule has 0 bridgehead atoms. The van der Waals surface area contributed by atoms with Crippen LogP contribution in [0.4, 0.5) is 17.5 Å². The molecule has 1 unspecified atom stereocenters. The average molecular weight is 416 g/mol. The van der Waals surface area contributed by atoms with Crippen molar-refractivity contribution < 1.29 is 9.90 Å². The van der Waals surface area contributed by atoms with Crippen molar-refractivity contribution in [2.45, 2.75) is 19.5 Å². The van der Waals surface area contributed by atoms with Gasteiger partial charge in [0.1, 0.15) is 11.1 Å². The van der Waals surface area contributed by atoms with Crippen LogP contribution >= 0.6 is 11.6 Å². The fourth-order valence-corrected chi connectivity index (χ4v) is 2.81. The molecule has 0 radical (unpaired) electrons. The van der Waals surface area contributed by atoms with E-state index in [0.29, 0.717) is 30.5 Å². The summed E-state index contributed by atoms with van der Waals surface area (Å²) in [5, 5.41) is 22.4. The first-order valence-electron chi connectivity index (χ1n) is 9.12. The number of aromatic nitrogens is 4. The van der Waals surface area contributed by atoms with Gasteiger partial charge in [-0.15, -0.1) is 0 Å². The fourth-order valence-electron chi connectivity index (χ4n) is 2.67. The van der Waals surface area contributed by atoms with Gasteiger partial charge in [-0.05, 0) is 12.5 Å². The van der Waals surface area contributed by atoms with E-state index in [9.17, 15) is 4.79 Å². The van der Waals surface area contributed by atoms with Gasteiger partial charge in [-0.2, -0.15) is 10.1 Å². The van der Waals surface area contributed by atoms with Gasteiger partial charge in [0.25, 0.3) is 0 Å². The minimum absolute atomic E-state index is 0.00662. The first-order chi connectivity index (χ1) is 14.1. The lowest BCUT2D eigenvalue weighted by atomic mass is 10.1. The highest BCUT2D eigenvalue weighted by atomic mass is 35.5. The molecule has 3 rings (SSSR count). The maximum Gasteiger partial charge on any atom is 0.247 e. The van der Waals surface area contributed by atoms with Crippen molar-refractivity contribution in [1.29, 1.82) is 0 Å². The van der Waals surface area contributed by atoms with Crippen LogP contribution in [0.1, 0.15) is 18.5 Å². The molecular weight excluding hydrogens is 394 g/mol. The van der Waals surface area contributed by atoms with Crippen molar-refractivity contribution in [2.75, 3.05) is 23.8 Å². The van der Waals surface area contributed by atoms with Gasteiger partial charge in [-0.25, -0.2) is 4.98 Å². The maximum absolute atomic E-state index is 12.6. The third-order valence-electron chi connectivity index (χ3n) is 3.99. The number of rotatable bonds is 9. The van der Waals surface area contributed by atoms with Crippen molar-refractivity contribution >= 4 is 35.0 Å². The normalized spacial score (nSPS) is 11.7. The van der Waals surface area contributed by atoms with Crippen LogP contribution in [-0.2, 0) is 11.3 Å². The smallest absolute Gasteiger partial charge is 0.247 e. The summed E-state index contributed by atoms with van der Waals surface area (Å²) in [5.41, 5.74) is 1.45. The molecule has 0 fully saturated rings. The Bertz CT molecular complexity index is 949. The van der Waals surface area contributed by atoms with Gasteiger partial charge in [0, 0.05) is 12.7 Å². The number of likely N-dealkylation sites (N-methyl/N-ethyl adjacent to an activating group) is 1. The highest BCUT2D eigenvalue weighted by Gasteiger charge is 2.22. The number of aliphatic hydroxyl groups is 1. The van der Waals surface area contributed by atoms with Crippen LogP contribution in [0, 0.1) is 0 Å². The summed E-state index contributed by atoms with van der Waals surface area (Å²) < 4.78 is 1.60. The summed E-state index contributed by atoms with van der Waals surface area (Å²) in [7, 11) is 0. The van der Waals surface area contributed by atoms with E-state index in [-0.39, 0.29) is 17.5 Å². The molecule has 1 atom stereocenters. The molecule has 2 heterocycles. The number of anilines is 3. The van der Waals surface area contributed by atoms with Crippen LogP contribution in [0.5, 0.6) is 0 Å². The molecule has 0 aliphatic rings. The molecular formula is C19H22ClN7O2. The summed E-state index contributed by atoms with van der Waals surface area (Å²) in [5.74, 6) is 0.434. The van der Waals surface area contributed by atoms with Crippen LogP contribution in [0.3, 0.4) is 0 Å². The Morgan fingerprint density at radius 2 is 2.07 bits per heavy atom. The van der Waals surface area contributed by atoms with E-state index >= 15 is 0 Å². The van der Waals surface area contributed by atoms with Crippen molar-refractivity contribution in [3.05, 3.63) is 59.5 Å². The van der Waals surface area contributed by atoms with Gasteiger partial charge in [0.05, 0.1) is 31.2 Å². The predicted octanol–water partition coefficient (Wildman–Crippen LogP) is 2.35. The molecule has 3 aromatic rings. The van der Waals surface area contributed by atoms with E-state index in [1.54, 1.807) is 17.1 Å². The van der Waals surface area contributed by atoms with Gasteiger partial charge in [0.2, 0.25) is 11.9 Å². The van der Waals surface area contributed by atoms with E-state index < -0.39 is 6.04 Å². The van der Waals surface area contributed by atoms with Crippen molar-refractivity contribution in [1.82, 2.24) is 25.1 Å². The number of hydrogen-bond donors (Lipinski definition) is 4. The van der Waals surface area contributed by atoms with Gasteiger partial charge in [-0.1, -0.05) is 41.9 Å². The van der Waals surface area contributed by atoms with Crippen LogP contribution in [0.25, 0.3) is 0 Å². The molecule has 1 amide bonds. The summed E-state index contributed by atoms with van der Waals surface area (Å²) in [6, 6.07) is 8.66. The van der Waals surface area contributed by atoms with Crippen molar-refractivity contribution in [3.8, 4) is 0 Å². The zero-order chi connectivity index (χ0) is 20.6. The molecule has 4 N–H and O–H groups in total. The number of nitrogens with zero attached hydrogens (tertiary/aromatic N) is 4. The molecule has 29 heavy (non-hydrogen) atoms. The predicted molar refractivity (Wildman–Crippen MR) is 111 cm³/mol. The number of carbonyl (C=O) groups is 1. The SMILES string of the molecule is CCNC(=O)C(Nc1nc(Nc2cnn(CCO)c2)ncc1Cl)c1ccccc1. The molecule has 10 heteroatoms. The number of nitrogens with one attached hydrogen (secondary N) is 3. The standard InChI is InChI=1S/C19H22ClN7O2/c1-2-21-18(29)16(13-6-4-3-5-7-13)25-17-15(20)11-22-19(26-17)24-14-10-23-27(12-14)8-9-28/h3-7,10-12,16,28H,2,8-9H2,1H3,(H,21,29)(H2,22,24,25,26). The molecule has 152 valence electrons. The number of amides is 1. The summed E-state index contributed by atoms with van der Waals surface area (Å²) >= 11 is 6.27. The second kappa shape index (κ2) is 9.85. The topological polar surface area (TPSA) is 117 Å². The van der Waals surface area contributed by atoms with E-state index in [2.05, 4.69) is 31.0 Å². The number of halogens is 1. The largest absolute Gasteiger partial charge is 0.394 e. The maximum atomic E-state index is 12.6. The van der Waals surface area contributed by atoms with Crippen LogP contribution in [0.2, 0.25) is 5.02 Å². The summed E-state index contributed by atoms with van der Waals surface area (Å²) in [6.45, 7) is 2.75. The first kappa shape index (κ1) is 20.6. The van der Waals surface area contributed by atoms with Gasteiger partial charge >= 0.3 is 0 Å². The molecule has 1 aromatic carbocycles. The summed E-state index contributed by atoms with van der Waals surface area (Å²) in [6.07, 6.45) is 4.78. The number of aliphatic hydroxyl groups excluding tert-OH is 1. The molecule has 0 saturated heterocycles. The zero-order valence-corrected chi connectivity index (χ0v) is 16.6. The number of carbonyl (C=O) groups excluding carboxylic acids is 1. The summed E-state index contributed by atoms with van der Waals surface area (Å²) in [4.78, 5) is 21.2. The highest BCUT2D eigenvalue weighted by molar-refractivity contribution is 6.32. The molecule has 0 aliphatic carbocycles.